The van der Waals surface area contributed by atoms with Gasteiger partial charge >= 0.3 is 11.9 Å². The zero-order valence-electron chi connectivity index (χ0n) is 40.3. The number of rotatable bonds is 11. The van der Waals surface area contributed by atoms with Crippen molar-refractivity contribution in [2.24, 2.45) is 14.1 Å². The molecule has 0 amide bonds. The summed E-state index contributed by atoms with van der Waals surface area (Å²) in [5.41, 5.74) is 9.31. The molecule has 1 saturated heterocycles. The SMILES string of the molecule is Cc1cc(C(C)Nc2ccccc2C(=O)OC(=O)c2ccccc2NC(C)c2cc(C)cc3c(=O)n(C)c(N4CCC(c5ccccc5)C4)nc23)c2nc(N3CCc4ccccc4C3)n(C)c(=O)c2c1. The third-order valence-corrected chi connectivity index (χ3v) is 14.0. The summed E-state index contributed by atoms with van der Waals surface area (Å²) >= 11 is 0. The van der Waals surface area contributed by atoms with Crippen LogP contribution in [-0.2, 0) is 31.8 Å². The average Bonchev–Trinajstić information content (AvgIpc) is 3.87. The molecule has 0 aliphatic carbocycles. The van der Waals surface area contributed by atoms with E-state index >= 15 is 0 Å². The Labute approximate surface area is 406 Å². The van der Waals surface area contributed by atoms with Crippen LogP contribution in [0.15, 0.2) is 137 Å². The molecule has 2 N–H and O–H groups in total. The number of nitrogens with one attached hydrogen (secondary N) is 2. The number of para-hydroxylation sites is 2. The minimum atomic E-state index is -0.828. The van der Waals surface area contributed by atoms with E-state index in [1.165, 1.54) is 16.7 Å². The molecule has 1 fully saturated rings. The van der Waals surface area contributed by atoms with E-state index in [0.29, 0.717) is 57.5 Å². The molecule has 354 valence electrons. The molecule has 10 rings (SSSR count). The standard InChI is InChI=1S/C57H56N8O5/c1-34-28-44(50-46(30-34)52(66)62(5)56(60-50)64-26-24-39-18-10-11-19-40(39)32-64)36(3)58-48-22-14-12-20-42(48)54(68)70-55(69)43-21-13-15-23-49(43)59-37(4)45-29-35(2)31-47-51(45)61-57(63(6)53(47)67)65-27-25-41(33-65)38-16-8-7-9-17-38/h7-23,28-31,36-37,41,58-59H,24-27,32-33H2,1-6H3. The summed E-state index contributed by atoms with van der Waals surface area (Å²) in [4.78, 5) is 70.8. The Bertz CT molecular complexity index is 3480. The third kappa shape index (κ3) is 8.67. The fraction of sp³-hybridized carbons (Fsp3) is 0.263. The Morgan fingerprint density at radius 2 is 1.10 bits per heavy atom. The minimum absolute atomic E-state index is 0.129. The number of esters is 2. The maximum Gasteiger partial charge on any atom is 0.348 e. The fourth-order valence-corrected chi connectivity index (χ4v) is 10.3. The van der Waals surface area contributed by atoms with E-state index in [9.17, 15) is 19.2 Å². The molecule has 0 spiro atoms. The van der Waals surface area contributed by atoms with Crippen LogP contribution in [0.5, 0.6) is 0 Å². The maximum absolute atomic E-state index is 14.1. The predicted octanol–water partition coefficient (Wildman–Crippen LogP) is 9.70. The lowest BCUT2D eigenvalue weighted by molar-refractivity contribution is 0.0399. The number of carbonyl (C=O) groups excluding carboxylic acids is 2. The Morgan fingerprint density at radius 3 is 1.66 bits per heavy atom. The molecule has 2 aromatic heterocycles. The second-order valence-electron chi connectivity index (χ2n) is 18.8. The van der Waals surface area contributed by atoms with Crippen LogP contribution in [0.2, 0.25) is 0 Å². The minimum Gasteiger partial charge on any atom is -0.386 e. The number of hydrogen-bond acceptors (Lipinski definition) is 11. The molecule has 8 aromatic rings. The van der Waals surface area contributed by atoms with Crippen LogP contribution in [0.1, 0.15) is 97.9 Å². The Hall–Kier alpha value is -8.06. The number of hydrogen-bond donors (Lipinski definition) is 2. The molecule has 13 nitrogen and oxygen atoms in total. The van der Waals surface area contributed by atoms with Crippen molar-refractivity contribution >= 4 is 57.0 Å². The van der Waals surface area contributed by atoms with Crippen molar-refractivity contribution < 1.29 is 14.3 Å². The summed E-state index contributed by atoms with van der Waals surface area (Å²) in [6, 6.07) is 39.5. The number of carbonyl (C=O) groups is 2. The normalized spacial score (nSPS) is 15.4. The van der Waals surface area contributed by atoms with Crippen molar-refractivity contribution in [3.8, 4) is 0 Å². The lowest BCUT2D eigenvalue weighted by Crippen LogP contribution is -2.36. The summed E-state index contributed by atoms with van der Waals surface area (Å²) in [6.07, 6.45) is 1.80. The first kappa shape index (κ1) is 45.7. The molecule has 4 heterocycles. The van der Waals surface area contributed by atoms with Crippen LogP contribution >= 0.6 is 0 Å². The molecule has 3 unspecified atom stereocenters. The smallest absolute Gasteiger partial charge is 0.348 e. The van der Waals surface area contributed by atoms with Gasteiger partial charge in [0.15, 0.2) is 0 Å². The van der Waals surface area contributed by atoms with Crippen molar-refractivity contribution in [2.75, 3.05) is 40.1 Å². The van der Waals surface area contributed by atoms with Crippen molar-refractivity contribution in [3.63, 3.8) is 0 Å². The molecule has 70 heavy (non-hydrogen) atoms. The highest BCUT2D eigenvalue weighted by Crippen LogP contribution is 2.34. The number of aromatic nitrogens is 4. The van der Waals surface area contributed by atoms with Gasteiger partial charge in [0.2, 0.25) is 11.9 Å². The molecule has 2 aliphatic heterocycles. The average molecular weight is 933 g/mol. The van der Waals surface area contributed by atoms with Crippen LogP contribution in [0, 0.1) is 13.8 Å². The molecule has 6 aromatic carbocycles. The van der Waals surface area contributed by atoms with Crippen LogP contribution in [0.25, 0.3) is 21.8 Å². The van der Waals surface area contributed by atoms with E-state index in [0.717, 1.165) is 54.7 Å². The van der Waals surface area contributed by atoms with Crippen molar-refractivity contribution in [2.45, 2.75) is 65.1 Å². The Balaban J connectivity index is 0.887. The number of anilines is 4. The highest BCUT2D eigenvalue weighted by atomic mass is 16.6. The quantitative estimate of drug-likeness (QED) is 0.0946. The summed E-state index contributed by atoms with van der Waals surface area (Å²) in [5, 5.41) is 7.98. The maximum atomic E-state index is 14.1. The number of benzene rings is 6. The molecule has 0 bridgehead atoms. The van der Waals surface area contributed by atoms with E-state index < -0.39 is 24.0 Å². The lowest BCUT2D eigenvalue weighted by Gasteiger charge is -2.31. The molecule has 0 radical (unpaired) electrons. The molecule has 0 saturated carbocycles. The van der Waals surface area contributed by atoms with E-state index in [1.807, 2.05) is 64.1 Å². The van der Waals surface area contributed by atoms with E-state index in [1.54, 1.807) is 71.8 Å². The number of aryl methyl sites for hydroxylation is 2. The lowest BCUT2D eigenvalue weighted by atomic mass is 9.99. The molecule has 13 heteroatoms. The van der Waals surface area contributed by atoms with Gasteiger partial charge in [0.1, 0.15) is 0 Å². The summed E-state index contributed by atoms with van der Waals surface area (Å²) in [6.45, 7) is 10.7. The van der Waals surface area contributed by atoms with Crippen LogP contribution < -0.4 is 31.6 Å². The summed E-state index contributed by atoms with van der Waals surface area (Å²) in [7, 11) is 3.55. The first-order valence-corrected chi connectivity index (χ1v) is 23.9. The molecule has 2 aliphatic rings. The first-order chi connectivity index (χ1) is 33.8. The summed E-state index contributed by atoms with van der Waals surface area (Å²) in [5.74, 6) is -0.119. The Morgan fingerprint density at radius 1 is 0.614 bits per heavy atom. The van der Waals surface area contributed by atoms with Crippen LogP contribution in [0.4, 0.5) is 23.3 Å². The zero-order chi connectivity index (χ0) is 48.8. The van der Waals surface area contributed by atoms with Gasteiger partial charge in [-0.3, -0.25) is 18.7 Å². The van der Waals surface area contributed by atoms with Gasteiger partial charge in [-0.05, 0) is 105 Å². The van der Waals surface area contributed by atoms with Gasteiger partial charge in [0.25, 0.3) is 11.1 Å². The third-order valence-electron chi connectivity index (χ3n) is 14.0. The van der Waals surface area contributed by atoms with E-state index in [2.05, 4.69) is 62.9 Å². The topological polar surface area (TPSA) is 144 Å². The summed E-state index contributed by atoms with van der Waals surface area (Å²) < 4.78 is 8.93. The van der Waals surface area contributed by atoms with Gasteiger partial charge < -0.3 is 25.2 Å². The monoisotopic (exact) mass is 932 g/mol. The van der Waals surface area contributed by atoms with Gasteiger partial charge in [0, 0.05) is 68.7 Å². The van der Waals surface area contributed by atoms with Gasteiger partial charge in [-0.15, -0.1) is 0 Å². The highest BCUT2D eigenvalue weighted by molar-refractivity contribution is 6.07. The fourth-order valence-electron chi connectivity index (χ4n) is 10.3. The number of ether oxygens (including phenoxy) is 1. The van der Waals surface area contributed by atoms with Gasteiger partial charge in [-0.25, -0.2) is 19.6 Å². The van der Waals surface area contributed by atoms with Gasteiger partial charge in [-0.2, -0.15) is 0 Å². The van der Waals surface area contributed by atoms with Crippen LogP contribution in [-0.4, -0.2) is 50.7 Å². The predicted molar refractivity (Wildman–Crippen MR) is 277 cm³/mol. The van der Waals surface area contributed by atoms with Gasteiger partial charge in [0.05, 0.1) is 45.0 Å². The van der Waals surface area contributed by atoms with Gasteiger partial charge in [-0.1, -0.05) is 91.0 Å². The number of nitrogens with zero attached hydrogens (tertiary/aromatic N) is 6. The first-order valence-electron chi connectivity index (χ1n) is 23.9. The second kappa shape index (κ2) is 18.8. The van der Waals surface area contributed by atoms with Crippen molar-refractivity contribution in [1.29, 1.82) is 0 Å². The zero-order valence-corrected chi connectivity index (χ0v) is 40.3. The largest absolute Gasteiger partial charge is 0.386 e. The Kier molecular flexibility index (Phi) is 12.3. The molecule has 3 atom stereocenters. The van der Waals surface area contributed by atoms with Crippen molar-refractivity contribution in [3.05, 3.63) is 198 Å². The van der Waals surface area contributed by atoms with Crippen LogP contribution in [0.3, 0.4) is 0 Å². The van der Waals surface area contributed by atoms with E-state index in [-0.39, 0.29) is 22.2 Å². The highest BCUT2D eigenvalue weighted by Gasteiger charge is 2.29. The van der Waals surface area contributed by atoms with Crippen molar-refractivity contribution in [1.82, 2.24) is 19.1 Å². The second-order valence-corrected chi connectivity index (χ2v) is 18.8. The van der Waals surface area contributed by atoms with E-state index in [4.69, 9.17) is 14.7 Å². The molecular weight excluding hydrogens is 877 g/mol. The molecular formula is C57H56N8O5. The number of fused-ring (bicyclic) bond motifs is 3.